The van der Waals surface area contributed by atoms with E-state index in [9.17, 15) is 13.6 Å². The van der Waals surface area contributed by atoms with E-state index in [0.717, 1.165) is 6.42 Å². The highest BCUT2D eigenvalue weighted by atomic mass is 19.3. The molecule has 0 aromatic heterocycles. The first kappa shape index (κ1) is 14.3. The Balaban J connectivity index is 3.55. The molecule has 0 aromatic rings. The Bertz CT molecular complexity index is 188. The van der Waals surface area contributed by atoms with Gasteiger partial charge >= 0.3 is 0 Å². The van der Waals surface area contributed by atoms with Gasteiger partial charge in [-0.15, -0.1) is 0 Å². The number of hydrogen-bond donors (Lipinski definition) is 2. The fourth-order valence-electron chi connectivity index (χ4n) is 0.952. The minimum absolute atomic E-state index is 0.0988. The Labute approximate surface area is 89.6 Å². The molecular weight excluding hydrogens is 202 g/mol. The average Bonchev–Trinajstić information content (AvgIpc) is 2.17. The summed E-state index contributed by atoms with van der Waals surface area (Å²) in [4.78, 5) is 11.2. The van der Waals surface area contributed by atoms with Gasteiger partial charge in [0.25, 0.3) is 6.43 Å². The molecule has 15 heavy (non-hydrogen) atoms. The van der Waals surface area contributed by atoms with Crippen LogP contribution in [0.1, 0.15) is 33.6 Å². The zero-order chi connectivity index (χ0) is 11.8. The topological polar surface area (TPSA) is 41.1 Å². The van der Waals surface area contributed by atoms with Crippen LogP contribution in [0.4, 0.5) is 8.78 Å². The maximum atomic E-state index is 12.1. The van der Waals surface area contributed by atoms with E-state index >= 15 is 0 Å². The van der Waals surface area contributed by atoms with Crippen molar-refractivity contribution in [3.63, 3.8) is 0 Å². The predicted molar refractivity (Wildman–Crippen MR) is 56.0 cm³/mol. The number of alkyl halides is 2. The van der Waals surface area contributed by atoms with E-state index in [1.165, 1.54) is 6.92 Å². The molecule has 0 saturated heterocycles. The van der Waals surface area contributed by atoms with Gasteiger partial charge in [0.15, 0.2) is 0 Å². The molecule has 2 N–H and O–H groups in total. The van der Waals surface area contributed by atoms with Crippen molar-refractivity contribution in [1.29, 1.82) is 0 Å². The van der Waals surface area contributed by atoms with Crippen LogP contribution in [0.15, 0.2) is 0 Å². The molecule has 90 valence electrons. The number of nitrogens with one attached hydrogen (secondary N) is 2. The third kappa shape index (κ3) is 7.25. The van der Waals surface area contributed by atoms with Crippen molar-refractivity contribution >= 4 is 5.91 Å². The maximum absolute atomic E-state index is 12.1. The second kappa shape index (κ2) is 7.56. The highest BCUT2D eigenvalue weighted by Crippen LogP contribution is 1.98. The molecule has 2 unspecified atom stereocenters. The third-order valence-corrected chi connectivity index (χ3v) is 2.22. The smallest absolute Gasteiger partial charge is 0.253 e. The quantitative estimate of drug-likeness (QED) is 0.686. The molecule has 0 aliphatic heterocycles. The molecule has 3 nitrogen and oxygen atoms in total. The maximum Gasteiger partial charge on any atom is 0.253 e. The SMILES string of the molecule is CCC(C)NC(=O)CCNC(C)C(F)F. The lowest BCUT2D eigenvalue weighted by molar-refractivity contribution is -0.121. The number of amides is 1. The molecule has 0 bridgehead atoms. The van der Waals surface area contributed by atoms with Crippen molar-refractivity contribution in [2.24, 2.45) is 0 Å². The lowest BCUT2D eigenvalue weighted by Gasteiger charge is -2.14. The van der Waals surface area contributed by atoms with Crippen LogP contribution in [0.2, 0.25) is 0 Å². The molecule has 0 radical (unpaired) electrons. The zero-order valence-electron chi connectivity index (χ0n) is 9.52. The largest absolute Gasteiger partial charge is 0.354 e. The van der Waals surface area contributed by atoms with Gasteiger partial charge in [0.05, 0.1) is 6.04 Å². The third-order valence-electron chi connectivity index (χ3n) is 2.22. The van der Waals surface area contributed by atoms with E-state index in [4.69, 9.17) is 0 Å². The molecule has 0 aromatic carbocycles. The lowest BCUT2D eigenvalue weighted by atomic mass is 10.2. The van der Waals surface area contributed by atoms with Crippen LogP contribution >= 0.6 is 0 Å². The van der Waals surface area contributed by atoms with E-state index in [1.807, 2.05) is 13.8 Å². The Hall–Kier alpha value is -0.710. The number of hydrogen-bond acceptors (Lipinski definition) is 2. The highest BCUT2D eigenvalue weighted by Gasteiger charge is 2.13. The first-order chi connectivity index (χ1) is 6.97. The van der Waals surface area contributed by atoms with Crippen molar-refractivity contribution < 1.29 is 13.6 Å². The monoisotopic (exact) mass is 222 g/mol. The van der Waals surface area contributed by atoms with Crippen LogP contribution in [0, 0.1) is 0 Å². The molecule has 0 heterocycles. The van der Waals surface area contributed by atoms with Crippen molar-refractivity contribution in [2.45, 2.75) is 52.1 Å². The number of halogens is 2. The van der Waals surface area contributed by atoms with E-state index in [-0.39, 0.29) is 24.9 Å². The van der Waals surface area contributed by atoms with Gasteiger partial charge in [-0.2, -0.15) is 0 Å². The van der Waals surface area contributed by atoms with Crippen LogP contribution in [0.5, 0.6) is 0 Å². The van der Waals surface area contributed by atoms with Gasteiger partial charge in [0.2, 0.25) is 5.91 Å². The summed E-state index contributed by atoms with van der Waals surface area (Å²) in [5, 5.41) is 5.36. The highest BCUT2D eigenvalue weighted by molar-refractivity contribution is 5.76. The van der Waals surface area contributed by atoms with Crippen LogP contribution in [0.3, 0.4) is 0 Å². The normalized spacial score (nSPS) is 15.1. The summed E-state index contributed by atoms with van der Waals surface area (Å²) >= 11 is 0. The van der Waals surface area contributed by atoms with Crippen molar-refractivity contribution in [3.8, 4) is 0 Å². The lowest BCUT2D eigenvalue weighted by Crippen LogP contribution is -2.37. The summed E-state index contributed by atoms with van der Waals surface area (Å²) in [5.41, 5.74) is 0. The number of carbonyl (C=O) groups excluding carboxylic acids is 1. The number of carbonyl (C=O) groups is 1. The first-order valence-electron chi connectivity index (χ1n) is 5.28. The Morgan fingerprint density at radius 3 is 2.40 bits per heavy atom. The summed E-state index contributed by atoms with van der Waals surface area (Å²) in [6.45, 7) is 5.57. The molecule has 0 spiro atoms. The molecular formula is C10H20F2N2O. The second-order valence-electron chi connectivity index (χ2n) is 3.70. The molecule has 0 aliphatic carbocycles. The fraction of sp³-hybridized carbons (Fsp3) is 0.900. The summed E-state index contributed by atoms with van der Waals surface area (Å²) in [5.74, 6) is -0.0988. The number of rotatable bonds is 7. The minimum atomic E-state index is -2.39. The van der Waals surface area contributed by atoms with E-state index < -0.39 is 12.5 Å². The molecule has 1 amide bonds. The Morgan fingerprint density at radius 2 is 1.93 bits per heavy atom. The van der Waals surface area contributed by atoms with Gasteiger partial charge in [0.1, 0.15) is 0 Å². The molecule has 0 fully saturated rings. The van der Waals surface area contributed by atoms with Crippen LogP contribution in [0.25, 0.3) is 0 Å². The fourth-order valence-corrected chi connectivity index (χ4v) is 0.952. The van der Waals surface area contributed by atoms with Gasteiger partial charge in [-0.05, 0) is 20.3 Å². The Morgan fingerprint density at radius 1 is 1.33 bits per heavy atom. The van der Waals surface area contributed by atoms with Crippen LogP contribution in [-0.4, -0.2) is 31.0 Å². The van der Waals surface area contributed by atoms with Gasteiger partial charge in [0, 0.05) is 19.0 Å². The van der Waals surface area contributed by atoms with Gasteiger partial charge < -0.3 is 10.6 Å². The van der Waals surface area contributed by atoms with Crippen molar-refractivity contribution in [3.05, 3.63) is 0 Å². The predicted octanol–water partition coefficient (Wildman–Crippen LogP) is 1.53. The second-order valence-corrected chi connectivity index (χ2v) is 3.70. The Kier molecular flexibility index (Phi) is 7.21. The minimum Gasteiger partial charge on any atom is -0.354 e. The molecule has 0 aliphatic rings. The summed E-state index contributed by atoms with van der Waals surface area (Å²) in [6.07, 6.45) is -1.28. The van der Waals surface area contributed by atoms with E-state index in [0.29, 0.717) is 0 Å². The first-order valence-corrected chi connectivity index (χ1v) is 5.28. The molecule has 0 saturated carbocycles. The molecule has 2 atom stereocenters. The summed E-state index contributed by atoms with van der Waals surface area (Å²) in [6, 6.07) is -0.716. The zero-order valence-corrected chi connectivity index (χ0v) is 9.52. The van der Waals surface area contributed by atoms with Gasteiger partial charge in [-0.25, -0.2) is 8.78 Å². The van der Waals surface area contributed by atoms with Gasteiger partial charge in [-0.3, -0.25) is 4.79 Å². The average molecular weight is 222 g/mol. The van der Waals surface area contributed by atoms with E-state index in [1.54, 1.807) is 0 Å². The standard InChI is InChI=1S/C10H20F2N2O/c1-4-7(2)14-9(15)5-6-13-8(3)10(11)12/h7-8,10,13H,4-6H2,1-3H3,(H,14,15). The van der Waals surface area contributed by atoms with Gasteiger partial charge in [-0.1, -0.05) is 6.92 Å². The van der Waals surface area contributed by atoms with Crippen molar-refractivity contribution in [1.82, 2.24) is 10.6 Å². The van der Waals surface area contributed by atoms with Crippen LogP contribution < -0.4 is 10.6 Å². The molecule has 5 heteroatoms. The van der Waals surface area contributed by atoms with Crippen molar-refractivity contribution in [2.75, 3.05) is 6.54 Å². The molecule has 0 rings (SSSR count). The summed E-state index contributed by atoms with van der Waals surface area (Å²) in [7, 11) is 0. The summed E-state index contributed by atoms with van der Waals surface area (Å²) < 4.78 is 24.1. The van der Waals surface area contributed by atoms with E-state index in [2.05, 4.69) is 10.6 Å². The van der Waals surface area contributed by atoms with Crippen LogP contribution in [-0.2, 0) is 4.79 Å².